The number of carbonyl (C=O) groups is 1. The maximum atomic E-state index is 13.0. The van der Waals surface area contributed by atoms with Crippen molar-refractivity contribution in [3.05, 3.63) is 163 Å². The summed E-state index contributed by atoms with van der Waals surface area (Å²) in [6.07, 6.45) is -3.71. The van der Waals surface area contributed by atoms with Gasteiger partial charge in [-0.2, -0.15) is 13.2 Å². The number of hydrogen-bond donors (Lipinski definition) is 5. The highest BCUT2D eigenvalue weighted by atomic mass is 35.5. The number of pyridine rings is 1. The molecule has 4 aliphatic rings. The first-order valence-electron chi connectivity index (χ1n) is 28.7. The second kappa shape index (κ2) is 28.4. The third-order valence-corrected chi connectivity index (χ3v) is 16.5. The number of nitrogens with one attached hydrogen (secondary N) is 1. The van der Waals surface area contributed by atoms with E-state index in [9.17, 15) is 18.0 Å². The lowest BCUT2D eigenvalue weighted by atomic mass is 9.81. The predicted molar refractivity (Wildman–Crippen MR) is 338 cm³/mol. The molecule has 3 aromatic carbocycles. The maximum Gasteiger partial charge on any atom is 0.433 e. The molecular formula is C64H68Cl3F3N12O9. The minimum atomic E-state index is -4.65. The number of benzene rings is 3. The molecule has 8 aromatic rings. The van der Waals surface area contributed by atoms with Gasteiger partial charge in [0, 0.05) is 89.4 Å². The van der Waals surface area contributed by atoms with Crippen molar-refractivity contribution in [2.75, 3.05) is 96.1 Å². The molecule has 9 heterocycles. The minimum absolute atomic E-state index is 0.0450. The standard InChI is InChI=1S/C24H23F3N4O4.C17H21N3O3.C15H16ClN3O.C8H8Cl2N2O/c1-14-3-4-16(29-21(33)15-5-6-28-20(9-15)24(25,26)27)10-17(14)19-11-18(23(2)12-34-13-23)22(31-30-19)35-8-7-32;1-11-3-4-12(18)7-13(11)15-8-14(17(2)9-22-10-17)16(20-19-15)23-6-5-21;1-9-3-4-10(17)5-11(9)13-6-12(14(16)19-18-13)15(2)7-20-8-15;1-8(3-13-4-8)5-2-6(9)11-12-7(5)10/h3-6,9-11,32H,7-8,12-13H2,1-2H3,(H,29,33);3-4,7-8,21H,5-6,9-10,18H2,1-2H3;3-6H,7-8,17H2,1-2H3;2H,3-4H2,1H3. The molecule has 0 aliphatic carbocycles. The fourth-order valence-electron chi connectivity index (χ4n) is 10.1. The number of ether oxygens (including phenoxy) is 6. The van der Waals surface area contributed by atoms with Crippen LogP contribution in [0.3, 0.4) is 0 Å². The van der Waals surface area contributed by atoms with Gasteiger partial charge in [0.05, 0.1) is 83.2 Å². The van der Waals surface area contributed by atoms with Crippen LogP contribution >= 0.6 is 34.8 Å². The maximum absolute atomic E-state index is 13.0. The molecule has 1 amide bonds. The molecule has 91 heavy (non-hydrogen) atoms. The van der Waals surface area contributed by atoms with E-state index in [2.05, 4.69) is 71.9 Å². The van der Waals surface area contributed by atoms with Crippen molar-refractivity contribution in [2.24, 2.45) is 0 Å². The molecule has 0 spiro atoms. The van der Waals surface area contributed by atoms with E-state index in [0.717, 1.165) is 67.7 Å². The Bertz CT molecular complexity index is 3930. The monoisotopic (exact) mass is 1310 g/mol. The molecule has 0 radical (unpaired) electrons. The van der Waals surface area contributed by atoms with Crippen molar-refractivity contribution >= 4 is 57.8 Å². The van der Waals surface area contributed by atoms with Crippen LogP contribution in [0.25, 0.3) is 33.8 Å². The average Bonchev–Trinajstić information content (AvgIpc) is 0.877. The lowest BCUT2D eigenvalue weighted by Gasteiger charge is -2.38. The van der Waals surface area contributed by atoms with E-state index >= 15 is 0 Å². The number of halogens is 6. The number of amides is 1. The van der Waals surface area contributed by atoms with Gasteiger partial charge < -0.3 is 55.4 Å². The molecule has 7 N–H and O–H groups in total. The number of anilines is 3. The van der Waals surface area contributed by atoms with Crippen molar-refractivity contribution in [1.29, 1.82) is 0 Å². The van der Waals surface area contributed by atoms with Gasteiger partial charge in [0.25, 0.3) is 5.91 Å². The molecule has 21 nitrogen and oxygen atoms in total. The Morgan fingerprint density at radius 1 is 0.538 bits per heavy atom. The molecule has 27 heteroatoms. The van der Waals surface area contributed by atoms with E-state index in [1.165, 1.54) is 6.07 Å². The number of aliphatic hydroxyl groups excluding tert-OH is 2. The zero-order valence-electron chi connectivity index (χ0n) is 50.9. The lowest BCUT2D eigenvalue weighted by molar-refractivity contribution is -0.141. The first kappa shape index (κ1) is 67.6. The smallest absolute Gasteiger partial charge is 0.433 e. The third kappa shape index (κ3) is 15.8. The topological polar surface area (TPSA) is 293 Å². The van der Waals surface area contributed by atoms with E-state index in [1.807, 2.05) is 82.3 Å². The van der Waals surface area contributed by atoms with Crippen molar-refractivity contribution in [3.63, 3.8) is 0 Å². The molecule has 0 saturated carbocycles. The Hall–Kier alpha value is -7.78. The molecule has 4 saturated heterocycles. The van der Waals surface area contributed by atoms with E-state index in [4.69, 9.17) is 84.9 Å². The Morgan fingerprint density at radius 2 is 0.934 bits per heavy atom. The van der Waals surface area contributed by atoms with Crippen molar-refractivity contribution < 1.29 is 56.6 Å². The van der Waals surface area contributed by atoms with E-state index < -0.39 is 17.8 Å². The fraction of sp³-hybridized carbons (Fsp3) is 0.375. The molecule has 4 fully saturated rings. The van der Waals surface area contributed by atoms with Gasteiger partial charge in [0.1, 0.15) is 18.9 Å². The van der Waals surface area contributed by atoms with Gasteiger partial charge >= 0.3 is 6.18 Å². The number of nitrogens with zero attached hydrogens (tertiary/aromatic N) is 9. The SMILES string of the molecule is CC1(c2cc(Cl)nnc2Cl)COC1.Cc1ccc(N)cc1-c1cc(C2(C)COC2)c(Cl)nn1.Cc1ccc(N)cc1-c1cc(C2(C)COC2)c(OCCO)nn1.Cc1ccc(NC(=O)c2ccnc(C(F)(F)F)c2)cc1-c1cc(C2(C)COC2)c(OCCO)nn1. The van der Waals surface area contributed by atoms with Crippen molar-refractivity contribution in [2.45, 2.75) is 76.3 Å². The summed E-state index contributed by atoms with van der Waals surface area (Å²) in [6.45, 7) is 19.1. The summed E-state index contributed by atoms with van der Waals surface area (Å²) >= 11 is 17.8. The summed E-state index contributed by atoms with van der Waals surface area (Å²) < 4.78 is 71.2. The summed E-state index contributed by atoms with van der Waals surface area (Å²) in [4.78, 5) is 15.9. The average molecular weight is 1310 g/mol. The lowest BCUT2D eigenvalue weighted by Crippen LogP contribution is -2.44. The molecular weight excluding hydrogens is 1240 g/mol. The van der Waals surface area contributed by atoms with Crippen LogP contribution in [-0.4, -0.2) is 141 Å². The van der Waals surface area contributed by atoms with Crippen molar-refractivity contribution in [1.82, 2.24) is 45.8 Å². The van der Waals surface area contributed by atoms with Crippen LogP contribution in [-0.2, 0) is 46.8 Å². The molecule has 4 aliphatic heterocycles. The Labute approximate surface area is 538 Å². The zero-order chi connectivity index (χ0) is 65.5. The molecule has 12 rings (SSSR count). The molecule has 0 bridgehead atoms. The number of aromatic nitrogens is 9. The minimum Gasteiger partial charge on any atom is -0.474 e. The summed E-state index contributed by atoms with van der Waals surface area (Å²) in [5.74, 6) is 0.0652. The molecule has 5 aromatic heterocycles. The third-order valence-electron chi connectivity index (χ3n) is 15.8. The normalized spacial score (nSPS) is 16.2. The predicted octanol–water partition coefficient (Wildman–Crippen LogP) is 10.5. The largest absolute Gasteiger partial charge is 0.474 e. The van der Waals surface area contributed by atoms with Gasteiger partial charge in [-0.05, 0) is 110 Å². The van der Waals surface area contributed by atoms with Crippen LogP contribution in [0.1, 0.15) is 82.7 Å². The number of rotatable bonds is 15. The number of hydrogen-bond acceptors (Lipinski definition) is 20. The molecule has 0 unspecified atom stereocenters. The highest BCUT2D eigenvalue weighted by molar-refractivity contribution is 6.32. The van der Waals surface area contributed by atoms with Gasteiger partial charge in [0.2, 0.25) is 11.8 Å². The first-order valence-corrected chi connectivity index (χ1v) is 29.8. The Balaban J connectivity index is 0.000000152. The highest BCUT2D eigenvalue weighted by Crippen LogP contribution is 2.42. The van der Waals surface area contributed by atoms with Gasteiger partial charge in [0.15, 0.2) is 15.5 Å². The number of carbonyl (C=O) groups excluding carboxylic acids is 1. The van der Waals surface area contributed by atoms with Gasteiger partial charge in [-0.25, -0.2) is 0 Å². The highest BCUT2D eigenvalue weighted by Gasteiger charge is 2.42. The second-order valence-corrected chi connectivity index (χ2v) is 24.7. The number of nitrogen functional groups attached to an aromatic ring is 2. The van der Waals surface area contributed by atoms with Gasteiger partial charge in [-0.1, -0.05) is 80.7 Å². The van der Waals surface area contributed by atoms with Crippen LogP contribution < -0.4 is 26.3 Å². The molecule has 0 atom stereocenters. The van der Waals surface area contributed by atoms with Crippen LogP contribution in [0.4, 0.5) is 30.2 Å². The number of alkyl halides is 3. The number of aliphatic hydroxyl groups is 2. The van der Waals surface area contributed by atoms with Crippen LogP contribution in [0.5, 0.6) is 11.8 Å². The first-order chi connectivity index (χ1) is 43.2. The quantitative estimate of drug-likeness (QED) is 0.0596. The van der Waals surface area contributed by atoms with Gasteiger partial charge in [-0.15, -0.1) is 40.8 Å². The fourth-order valence-corrected chi connectivity index (χ4v) is 10.9. The zero-order valence-corrected chi connectivity index (χ0v) is 53.2. The molecule has 480 valence electrons. The summed E-state index contributed by atoms with van der Waals surface area (Å²) in [5, 5.41) is 54.6. The Kier molecular flexibility index (Phi) is 21.1. The summed E-state index contributed by atoms with van der Waals surface area (Å²) in [5.41, 5.74) is 23.0. The van der Waals surface area contributed by atoms with Crippen LogP contribution in [0, 0.1) is 20.8 Å². The summed E-state index contributed by atoms with van der Waals surface area (Å²) in [6, 6.07) is 26.1. The summed E-state index contributed by atoms with van der Waals surface area (Å²) in [7, 11) is 0. The number of aryl methyl sites for hydroxylation is 3. The number of nitrogens with two attached hydrogens (primary N) is 2. The second-order valence-electron chi connectivity index (χ2n) is 23.6. The van der Waals surface area contributed by atoms with E-state index in [0.29, 0.717) is 114 Å². The van der Waals surface area contributed by atoms with Gasteiger partial charge in [-0.3, -0.25) is 9.78 Å². The Morgan fingerprint density at radius 3 is 1.36 bits per heavy atom. The van der Waals surface area contributed by atoms with E-state index in [-0.39, 0.29) is 53.7 Å². The van der Waals surface area contributed by atoms with Crippen LogP contribution in [0.2, 0.25) is 15.5 Å². The van der Waals surface area contributed by atoms with Crippen molar-refractivity contribution in [3.8, 4) is 45.5 Å². The van der Waals surface area contributed by atoms with E-state index in [1.54, 1.807) is 24.3 Å². The van der Waals surface area contributed by atoms with Crippen LogP contribution in [0.15, 0.2) is 97.2 Å².